The number of ether oxygens (including phenoxy) is 1. The maximum absolute atomic E-state index is 12.0. The van der Waals surface area contributed by atoms with Crippen molar-refractivity contribution >= 4 is 5.91 Å². The van der Waals surface area contributed by atoms with Crippen LogP contribution in [-0.2, 0) is 18.4 Å². The van der Waals surface area contributed by atoms with Gasteiger partial charge in [-0.25, -0.2) is 0 Å². The SMILES string of the molecule is COc1ccccc1CNC(=O)C(N)c1cnn(C)c1. The van der Waals surface area contributed by atoms with Gasteiger partial charge < -0.3 is 15.8 Å². The number of nitrogens with two attached hydrogens (primary N) is 1. The van der Waals surface area contributed by atoms with E-state index in [4.69, 9.17) is 10.5 Å². The van der Waals surface area contributed by atoms with Crippen molar-refractivity contribution in [3.63, 3.8) is 0 Å². The zero-order chi connectivity index (χ0) is 14.5. The highest BCUT2D eigenvalue weighted by Gasteiger charge is 2.17. The normalized spacial score (nSPS) is 11.9. The van der Waals surface area contributed by atoms with Gasteiger partial charge in [0.2, 0.25) is 5.91 Å². The van der Waals surface area contributed by atoms with Crippen molar-refractivity contribution in [1.82, 2.24) is 15.1 Å². The molecule has 106 valence electrons. The van der Waals surface area contributed by atoms with Crippen molar-refractivity contribution in [2.24, 2.45) is 12.8 Å². The number of benzene rings is 1. The van der Waals surface area contributed by atoms with Crippen LogP contribution in [0.5, 0.6) is 5.75 Å². The third-order valence-corrected chi connectivity index (χ3v) is 3.01. The molecule has 0 saturated heterocycles. The Bertz CT molecular complexity index is 594. The Labute approximate surface area is 117 Å². The number of aryl methyl sites for hydroxylation is 1. The van der Waals surface area contributed by atoms with Crippen LogP contribution in [0.3, 0.4) is 0 Å². The van der Waals surface area contributed by atoms with Crippen LogP contribution in [0.1, 0.15) is 17.2 Å². The van der Waals surface area contributed by atoms with Gasteiger partial charge in [-0.1, -0.05) is 18.2 Å². The Balaban J connectivity index is 1.98. The minimum atomic E-state index is -0.724. The lowest BCUT2D eigenvalue weighted by Crippen LogP contribution is -2.33. The molecule has 2 rings (SSSR count). The highest BCUT2D eigenvalue weighted by molar-refractivity contribution is 5.82. The molecule has 1 amide bonds. The first-order valence-corrected chi connectivity index (χ1v) is 6.25. The van der Waals surface area contributed by atoms with Gasteiger partial charge in [-0.15, -0.1) is 0 Å². The van der Waals surface area contributed by atoms with Crippen LogP contribution in [0, 0.1) is 0 Å². The number of nitrogens with one attached hydrogen (secondary N) is 1. The largest absolute Gasteiger partial charge is 0.496 e. The van der Waals surface area contributed by atoms with Crippen molar-refractivity contribution in [3.05, 3.63) is 47.8 Å². The molecule has 0 saturated carbocycles. The van der Waals surface area contributed by atoms with E-state index >= 15 is 0 Å². The summed E-state index contributed by atoms with van der Waals surface area (Å²) in [6.45, 7) is 0.372. The fraction of sp³-hybridized carbons (Fsp3) is 0.286. The number of hydrogen-bond donors (Lipinski definition) is 2. The summed E-state index contributed by atoms with van der Waals surface area (Å²) in [7, 11) is 3.38. The molecule has 3 N–H and O–H groups in total. The van der Waals surface area contributed by atoms with Crippen LogP contribution >= 0.6 is 0 Å². The quantitative estimate of drug-likeness (QED) is 0.842. The summed E-state index contributed by atoms with van der Waals surface area (Å²) in [5, 5.41) is 6.80. The van der Waals surface area contributed by atoms with Crippen molar-refractivity contribution < 1.29 is 9.53 Å². The lowest BCUT2D eigenvalue weighted by atomic mass is 10.1. The molecule has 6 nitrogen and oxygen atoms in total. The first-order valence-electron chi connectivity index (χ1n) is 6.25. The summed E-state index contributed by atoms with van der Waals surface area (Å²) in [4.78, 5) is 12.0. The number of hydrogen-bond acceptors (Lipinski definition) is 4. The maximum Gasteiger partial charge on any atom is 0.241 e. The summed E-state index contributed by atoms with van der Waals surface area (Å²) in [5.74, 6) is 0.492. The van der Waals surface area contributed by atoms with Gasteiger partial charge in [-0.2, -0.15) is 5.10 Å². The van der Waals surface area contributed by atoms with Gasteiger partial charge in [-0.05, 0) is 6.07 Å². The fourth-order valence-corrected chi connectivity index (χ4v) is 1.89. The highest BCUT2D eigenvalue weighted by Crippen LogP contribution is 2.17. The number of carbonyl (C=O) groups is 1. The van der Waals surface area contributed by atoms with Crippen LogP contribution in [-0.4, -0.2) is 22.8 Å². The van der Waals surface area contributed by atoms with E-state index in [2.05, 4.69) is 10.4 Å². The van der Waals surface area contributed by atoms with Crippen LogP contribution in [0.4, 0.5) is 0 Å². The van der Waals surface area contributed by atoms with Gasteiger partial charge in [0.05, 0.1) is 13.3 Å². The lowest BCUT2D eigenvalue weighted by Gasteiger charge is -2.12. The number of aromatic nitrogens is 2. The molecule has 0 bridgehead atoms. The predicted molar refractivity (Wildman–Crippen MR) is 75.0 cm³/mol. The van der Waals surface area contributed by atoms with E-state index in [1.807, 2.05) is 24.3 Å². The first-order chi connectivity index (χ1) is 9.61. The molecule has 1 aromatic heterocycles. The van der Waals surface area contributed by atoms with Crippen LogP contribution in [0.2, 0.25) is 0 Å². The maximum atomic E-state index is 12.0. The smallest absolute Gasteiger partial charge is 0.241 e. The molecule has 0 radical (unpaired) electrons. The van der Waals surface area contributed by atoms with E-state index in [9.17, 15) is 4.79 Å². The third-order valence-electron chi connectivity index (χ3n) is 3.01. The van der Waals surface area contributed by atoms with Crippen LogP contribution in [0.15, 0.2) is 36.7 Å². The van der Waals surface area contributed by atoms with Crippen LogP contribution in [0.25, 0.3) is 0 Å². The molecule has 1 atom stereocenters. The number of amides is 1. The molecule has 2 aromatic rings. The molecule has 0 aliphatic heterocycles. The number of nitrogens with zero attached hydrogens (tertiary/aromatic N) is 2. The lowest BCUT2D eigenvalue weighted by molar-refractivity contribution is -0.122. The molecule has 0 fully saturated rings. The Hall–Kier alpha value is -2.34. The number of methoxy groups -OCH3 is 1. The van der Waals surface area contributed by atoms with E-state index < -0.39 is 6.04 Å². The topological polar surface area (TPSA) is 82.2 Å². The molecule has 1 unspecified atom stereocenters. The van der Waals surface area contributed by atoms with Crippen molar-refractivity contribution in [2.45, 2.75) is 12.6 Å². The zero-order valence-corrected chi connectivity index (χ0v) is 11.5. The van der Waals surface area contributed by atoms with E-state index in [0.717, 1.165) is 11.3 Å². The van der Waals surface area contributed by atoms with Gasteiger partial charge in [-0.3, -0.25) is 9.48 Å². The van der Waals surface area contributed by atoms with Gasteiger partial charge in [0.1, 0.15) is 11.8 Å². The predicted octanol–water partition coefficient (Wildman–Crippen LogP) is 0.745. The average molecular weight is 274 g/mol. The van der Waals surface area contributed by atoms with Gasteiger partial charge in [0.25, 0.3) is 0 Å². The van der Waals surface area contributed by atoms with Crippen LogP contribution < -0.4 is 15.8 Å². The molecule has 6 heteroatoms. The summed E-state index contributed by atoms with van der Waals surface area (Å²) in [5.41, 5.74) is 7.48. The second kappa shape index (κ2) is 6.21. The van der Waals surface area contributed by atoms with E-state index in [-0.39, 0.29) is 5.91 Å². The molecule has 0 aliphatic rings. The number of para-hydroxylation sites is 1. The van der Waals surface area contributed by atoms with Crippen molar-refractivity contribution in [3.8, 4) is 5.75 Å². The number of rotatable bonds is 5. The second-order valence-corrected chi connectivity index (χ2v) is 4.45. The molecule has 1 heterocycles. The van der Waals surface area contributed by atoms with E-state index in [0.29, 0.717) is 12.1 Å². The minimum Gasteiger partial charge on any atom is -0.496 e. The third kappa shape index (κ3) is 3.16. The van der Waals surface area contributed by atoms with Crippen molar-refractivity contribution in [1.29, 1.82) is 0 Å². The van der Waals surface area contributed by atoms with E-state index in [1.165, 1.54) is 0 Å². The van der Waals surface area contributed by atoms with Gasteiger partial charge in [0, 0.05) is 30.9 Å². The fourth-order valence-electron chi connectivity index (χ4n) is 1.89. The Morgan fingerprint density at radius 2 is 2.25 bits per heavy atom. The molecule has 1 aromatic carbocycles. The van der Waals surface area contributed by atoms with Gasteiger partial charge >= 0.3 is 0 Å². The average Bonchev–Trinajstić information content (AvgIpc) is 2.90. The highest BCUT2D eigenvalue weighted by atomic mass is 16.5. The molecule has 0 aliphatic carbocycles. The second-order valence-electron chi connectivity index (χ2n) is 4.45. The zero-order valence-electron chi connectivity index (χ0n) is 11.5. The summed E-state index contributed by atoms with van der Waals surface area (Å²) in [6, 6.07) is 6.80. The van der Waals surface area contributed by atoms with Crippen molar-refractivity contribution in [2.75, 3.05) is 7.11 Å². The standard InChI is InChI=1S/C14H18N4O2/c1-18-9-11(8-17-18)13(15)14(19)16-7-10-5-3-4-6-12(10)20-2/h3-6,8-9,13H,7,15H2,1-2H3,(H,16,19). The summed E-state index contributed by atoms with van der Waals surface area (Å²) >= 11 is 0. The Morgan fingerprint density at radius 3 is 2.90 bits per heavy atom. The summed E-state index contributed by atoms with van der Waals surface area (Å²) in [6.07, 6.45) is 3.32. The van der Waals surface area contributed by atoms with E-state index in [1.54, 1.807) is 31.2 Å². The first kappa shape index (κ1) is 14.1. The number of carbonyl (C=O) groups excluding carboxylic acids is 1. The monoisotopic (exact) mass is 274 g/mol. The molecule has 20 heavy (non-hydrogen) atoms. The Morgan fingerprint density at radius 1 is 1.50 bits per heavy atom. The molecular weight excluding hydrogens is 256 g/mol. The molecule has 0 spiro atoms. The minimum absolute atomic E-state index is 0.246. The Kier molecular flexibility index (Phi) is 4.37. The summed E-state index contributed by atoms with van der Waals surface area (Å²) < 4.78 is 6.84. The molecular formula is C14H18N4O2. The van der Waals surface area contributed by atoms with Gasteiger partial charge in [0.15, 0.2) is 0 Å².